The van der Waals surface area contributed by atoms with Crippen molar-refractivity contribution < 1.29 is 23.8 Å². The molecule has 4 rings (SSSR count). The summed E-state index contributed by atoms with van der Waals surface area (Å²) in [5.41, 5.74) is 3.76. The normalized spacial score (nSPS) is 22.2. The minimum absolute atomic E-state index is 0.00332. The second-order valence-electron chi connectivity index (χ2n) is 8.55. The molecule has 2 aliphatic rings. The monoisotopic (exact) mass is 481 g/mol. The van der Waals surface area contributed by atoms with Crippen LogP contribution in [0.25, 0.3) is 0 Å². The maximum absolute atomic E-state index is 13.6. The van der Waals surface area contributed by atoms with Crippen molar-refractivity contribution in [3.63, 3.8) is 0 Å². The summed E-state index contributed by atoms with van der Waals surface area (Å²) < 4.78 is 16.1. The Labute approximate surface area is 204 Å². The molecule has 2 aromatic carbocycles. The van der Waals surface area contributed by atoms with Crippen molar-refractivity contribution in [2.45, 2.75) is 31.6 Å². The summed E-state index contributed by atoms with van der Waals surface area (Å²) in [5.74, 6) is -1.06. The number of rotatable bonds is 7. The van der Waals surface area contributed by atoms with Crippen molar-refractivity contribution in [1.29, 1.82) is 0 Å². The lowest BCUT2D eigenvalue weighted by Gasteiger charge is -2.37. The number of carbonyl (C=O) groups is 2. The molecule has 0 spiro atoms. The first-order chi connectivity index (χ1) is 16.4. The van der Waals surface area contributed by atoms with E-state index in [0.29, 0.717) is 41.5 Å². The van der Waals surface area contributed by atoms with Crippen LogP contribution in [0.1, 0.15) is 42.7 Å². The predicted octanol–water partition coefficient (Wildman–Crippen LogP) is 5.11. The van der Waals surface area contributed by atoms with Gasteiger partial charge in [-0.3, -0.25) is 14.6 Å². The third-order valence-electron chi connectivity index (χ3n) is 6.49. The quantitative estimate of drug-likeness (QED) is 0.405. The second-order valence-corrected chi connectivity index (χ2v) is 8.99. The topological polar surface area (TPSA) is 74.2 Å². The van der Waals surface area contributed by atoms with Gasteiger partial charge < -0.3 is 14.2 Å². The summed E-state index contributed by atoms with van der Waals surface area (Å²) in [6.45, 7) is 2.25. The molecular weight excluding hydrogens is 454 g/mol. The standard InChI is InChI=1S/C27H28ClNO5/c1-16-24(27(31)34-13-12-32-2)25(20-6-4-5-7-23(20)33-3)26-21(29-16)14-18(15-22(26)30)17-8-10-19(28)11-9-17/h4-11,18,24-25H,12-15H2,1-3H3/t18-,24?,25-/m0/s1. The Balaban J connectivity index is 1.77. The summed E-state index contributed by atoms with van der Waals surface area (Å²) in [7, 11) is 3.14. The van der Waals surface area contributed by atoms with Crippen molar-refractivity contribution in [1.82, 2.24) is 0 Å². The van der Waals surface area contributed by atoms with E-state index in [1.807, 2.05) is 55.5 Å². The van der Waals surface area contributed by atoms with Crippen molar-refractivity contribution in [3.8, 4) is 5.75 Å². The van der Waals surface area contributed by atoms with Gasteiger partial charge in [-0.25, -0.2) is 0 Å². The van der Waals surface area contributed by atoms with Crippen LogP contribution >= 0.6 is 11.6 Å². The number of para-hydroxylation sites is 1. The molecule has 0 saturated heterocycles. The van der Waals surface area contributed by atoms with E-state index in [-0.39, 0.29) is 18.3 Å². The number of aliphatic imine (C=N–C) groups is 1. The Kier molecular flexibility index (Phi) is 7.49. The van der Waals surface area contributed by atoms with Gasteiger partial charge in [0.1, 0.15) is 18.3 Å². The summed E-state index contributed by atoms with van der Waals surface area (Å²) in [5, 5.41) is 0.656. The van der Waals surface area contributed by atoms with Gasteiger partial charge in [0.2, 0.25) is 0 Å². The van der Waals surface area contributed by atoms with Crippen LogP contribution in [0.15, 0.2) is 64.8 Å². The first-order valence-corrected chi connectivity index (χ1v) is 11.7. The molecule has 6 nitrogen and oxygen atoms in total. The van der Waals surface area contributed by atoms with Gasteiger partial charge in [-0.2, -0.15) is 0 Å². The number of ether oxygens (including phenoxy) is 3. The Morgan fingerprint density at radius 3 is 2.50 bits per heavy atom. The highest BCUT2D eigenvalue weighted by Gasteiger charge is 2.45. The third-order valence-corrected chi connectivity index (χ3v) is 6.74. The fraction of sp³-hybridized carbons (Fsp3) is 0.370. The average Bonchev–Trinajstić information content (AvgIpc) is 2.83. The number of allylic oxidation sites excluding steroid dienone is 2. The average molecular weight is 482 g/mol. The number of nitrogens with zero attached hydrogens (tertiary/aromatic N) is 1. The maximum Gasteiger partial charge on any atom is 0.315 e. The van der Waals surface area contributed by atoms with Gasteiger partial charge in [0.25, 0.3) is 0 Å². The zero-order valence-corrected chi connectivity index (χ0v) is 20.3. The van der Waals surface area contributed by atoms with Crippen LogP contribution in [-0.2, 0) is 19.1 Å². The first kappa shape index (κ1) is 24.2. The number of carbonyl (C=O) groups excluding carboxylic acids is 2. The first-order valence-electron chi connectivity index (χ1n) is 11.3. The number of Topliss-reactive ketones (excluding diaryl/α,β-unsaturated/α-hetero) is 1. The summed E-state index contributed by atoms with van der Waals surface area (Å²) in [4.78, 5) is 31.6. The Morgan fingerprint density at radius 1 is 1.06 bits per heavy atom. The zero-order chi connectivity index (χ0) is 24.2. The SMILES string of the molecule is COCCOC(=O)C1C(C)=NC2=C(C(=O)C[C@@H](c3ccc(Cl)cc3)C2)[C@H]1c1ccccc1OC. The summed E-state index contributed by atoms with van der Waals surface area (Å²) >= 11 is 6.05. The molecule has 0 fully saturated rings. The predicted molar refractivity (Wildman–Crippen MR) is 131 cm³/mol. The number of ketones is 1. The van der Waals surface area contributed by atoms with Gasteiger partial charge in [0, 0.05) is 47.0 Å². The molecule has 1 unspecified atom stereocenters. The van der Waals surface area contributed by atoms with E-state index in [0.717, 1.165) is 16.8 Å². The van der Waals surface area contributed by atoms with E-state index in [1.165, 1.54) is 0 Å². The van der Waals surface area contributed by atoms with Gasteiger partial charge in [-0.15, -0.1) is 0 Å². The Hall–Kier alpha value is -2.96. The summed E-state index contributed by atoms with van der Waals surface area (Å²) in [6.07, 6.45) is 0.948. The lowest BCUT2D eigenvalue weighted by Crippen LogP contribution is -2.38. The van der Waals surface area contributed by atoms with Crippen molar-refractivity contribution >= 4 is 29.1 Å². The van der Waals surface area contributed by atoms with Gasteiger partial charge in [0.05, 0.1) is 13.7 Å². The molecule has 1 aliphatic carbocycles. The molecule has 0 saturated carbocycles. The van der Waals surface area contributed by atoms with Crippen molar-refractivity contribution in [2.24, 2.45) is 10.9 Å². The highest BCUT2D eigenvalue weighted by Crippen LogP contribution is 2.48. The molecule has 1 aliphatic heterocycles. The highest BCUT2D eigenvalue weighted by atomic mass is 35.5. The number of benzene rings is 2. The van der Waals surface area contributed by atoms with E-state index in [9.17, 15) is 9.59 Å². The van der Waals surface area contributed by atoms with Crippen molar-refractivity contribution in [2.75, 3.05) is 27.4 Å². The molecule has 0 radical (unpaired) electrons. The lowest BCUT2D eigenvalue weighted by atomic mass is 9.69. The highest BCUT2D eigenvalue weighted by molar-refractivity contribution is 6.30. The number of hydrogen-bond donors (Lipinski definition) is 0. The van der Waals surface area contributed by atoms with Gasteiger partial charge in [-0.1, -0.05) is 41.9 Å². The Morgan fingerprint density at radius 2 is 1.79 bits per heavy atom. The van der Waals surface area contributed by atoms with Crippen LogP contribution in [0.2, 0.25) is 5.02 Å². The van der Waals surface area contributed by atoms with E-state index >= 15 is 0 Å². The van der Waals surface area contributed by atoms with E-state index < -0.39 is 17.8 Å². The molecule has 1 heterocycles. The van der Waals surface area contributed by atoms with E-state index in [1.54, 1.807) is 14.2 Å². The molecule has 178 valence electrons. The number of esters is 1. The molecule has 0 amide bonds. The van der Waals surface area contributed by atoms with Crippen LogP contribution in [0, 0.1) is 5.92 Å². The molecule has 34 heavy (non-hydrogen) atoms. The number of halogens is 1. The van der Waals surface area contributed by atoms with Gasteiger partial charge in [-0.05, 0) is 43.0 Å². The van der Waals surface area contributed by atoms with E-state index in [4.69, 9.17) is 30.8 Å². The molecule has 2 aromatic rings. The lowest BCUT2D eigenvalue weighted by molar-refractivity contribution is -0.147. The van der Waals surface area contributed by atoms with Crippen LogP contribution in [0.5, 0.6) is 5.75 Å². The second kappa shape index (κ2) is 10.5. The summed E-state index contributed by atoms with van der Waals surface area (Å²) in [6, 6.07) is 15.1. The smallest absolute Gasteiger partial charge is 0.315 e. The van der Waals surface area contributed by atoms with Gasteiger partial charge in [0.15, 0.2) is 5.78 Å². The van der Waals surface area contributed by atoms with Crippen LogP contribution in [0.3, 0.4) is 0 Å². The van der Waals surface area contributed by atoms with Crippen LogP contribution in [-0.4, -0.2) is 44.9 Å². The molecule has 3 atom stereocenters. The molecule has 0 N–H and O–H groups in total. The number of methoxy groups -OCH3 is 2. The van der Waals surface area contributed by atoms with Crippen LogP contribution < -0.4 is 4.74 Å². The van der Waals surface area contributed by atoms with Crippen LogP contribution in [0.4, 0.5) is 0 Å². The molecule has 7 heteroatoms. The molecule has 0 bridgehead atoms. The van der Waals surface area contributed by atoms with Crippen molar-refractivity contribution in [3.05, 3.63) is 76.0 Å². The minimum Gasteiger partial charge on any atom is -0.496 e. The molecule has 0 aromatic heterocycles. The maximum atomic E-state index is 13.6. The minimum atomic E-state index is -0.720. The fourth-order valence-corrected chi connectivity index (χ4v) is 5.04. The van der Waals surface area contributed by atoms with E-state index in [2.05, 4.69) is 0 Å². The zero-order valence-electron chi connectivity index (χ0n) is 19.5. The van der Waals surface area contributed by atoms with Gasteiger partial charge >= 0.3 is 5.97 Å². The fourth-order valence-electron chi connectivity index (χ4n) is 4.91. The molecular formula is C27H28ClNO5. The third kappa shape index (κ3) is 4.79. The Bertz CT molecular complexity index is 1140. The number of hydrogen-bond acceptors (Lipinski definition) is 6. The largest absolute Gasteiger partial charge is 0.496 e.